The van der Waals surface area contributed by atoms with Gasteiger partial charge in [-0.15, -0.1) is 0 Å². The number of ether oxygens (including phenoxy) is 1. The summed E-state index contributed by atoms with van der Waals surface area (Å²) in [5.41, 5.74) is 0. The van der Waals surface area contributed by atoms with Crippen molar-refractivity contribution < 1.29 is 26.3 Å². The van der Waals surface area contributed by atoms with Crippen molar-refractivity contribution in [2.45, 2.75) is 24.0 Å². The number of pyridine rings is 1. The Bertz CT molecular complexity index is 728. The van der Waals surface area contributed by atoms with Crippen molar-refractivity contribution in [2.24, 2.45) is 0 Å². The third-order valence-electron chi connectivity index (χ3n) is 4.99. The summed E-state index contributed by atoms with van der Waals surface area (Å²) < 4.78 is 70.2. The van der Waals surface area contributed by atoms with Gasteiger partial charge in [0.2, 0.25) is 10.0 Å². The highest BCUT2D eigenvalue weighted by molar-refractivity contribution is 7.89. The fourth-order valence-electron chi connectivity index (χ4n) is 3.19. The van der Waals surface area contributed by atoms with Gasteiger partial charge in [-0.2, -0.15) is 17.5 Å². The molecule has 0 spiro atoms. The topological polar surface area (TPSA) is 66.0 Å². The maximum absolute atomic E-state index is 12.8. The van der Waals surface area contributed by atoms with E-state index in [1.807, 2.05) is 4.90 Å². The molecule has 1 aromatic heterocycles. The number of hydrogen-bond acceptors (Lipinski definition) is 6. The summed E-state index contributed by atoms with van der Waals surface area (Å²) in [7, 11) is -3.61. The predicted molar refractivity (Wildman–Crippen MR) is 93.1 cm³/mol. The molecule has 2 saturated heterocycles. The standard InChI is InChI=1S/C16H23F3N4O3S/c1-13(16(17,18)19)21-4-6-22(7-5-21)15-3-2-14(12-20-15)27(24,25)23-8-10-26-11-9-23/h2-3,12-13H,4-11H2,1H3/t13-/m0/s1. The lowest BCUT2D eigenvalue weighted by Crippen LogP contribution is -2.53. The molecule has 0 radical (unpaired) electrons. The summed E-state index contributed by atoms with van der Waals surface area (Å²) in [4.78, 5) is 7.60. The molecule has 3 rings (SSSR count). The van der Waals surface area contributed by atoms with Crippen LogP contribution in [-0.2, 0) is 14.8 Å². The molecule has 0 aliphatic carbocycles. The van der Waals surface area contributed by atoms with E-state index in [1.54, 1.807) is 6.07 Å². The average Bonchev–Trinajstić information content (AvgIpc) is 2.67. The summed E-state index contributed by atoms with van der Waals surface area (Å²) >= 11 is 0. The Kier molecular flexibility index (Phi) is 5.94. The Hall–Kier alpha value is -1.43. The predicted octanol–water partition coefficient (Wildman–Crippen LogP) is 1.18. The lowest BCUT2D eigenvalue weighted by atomic mass is 10.2. The van der Waals surface area contributed by atoms with Gasteiger partial charge in [-0.1, -0.05) is 0 Å². The number of anilines is 1. The van der Waals surface area contributed by atoms with Crippen LogP contribution < -0.4 is 4.90 Å². The van der Waals surface area contributed by atoms with Gasteiger partial charge in [0.05, 0.1) is 13.2 Å². The Morgan fingerprint density at radius 2 is 1.70 bits per heavy atom. The minimum Gasteiger partial charge on any atom is -0.379 e. The molecule has 1 atom stereocenters. The van der Waals surface area contributed by atoms with Crippen molar-refractivity contribution in [2.75, 3.05) is 57.4 Å². The van der Waals surface area contributed by atoms with Crippen LogP contribution in [0.25, 0.3) is 0 Å². The molecule has 152 valence electrons. The van der Waals surface area contributed by atoms with Crippen LogP contribution in [0.2, 0.25) is 0 Å². The van der Waals surface area contributed by atoms with Gasteiger partial charge in [0.1, 0.15) is 16.8 Å². The molecule has 0 unspecified atom stereocenters. The highest BCUT2D eigenvalue weighted by Gasteiger charge is 2.41. The molecule has 0 aromatic carbocycles. The van der Waals surface area contributed by atoms with E-state index >= 15 is 0 Å². The lowest BCUT2D eigenvalue weighted by Gasteiger charge is -2.39. The number of hydrogen-bond donors (Lipinski definition) is 0. The Balaban J connectivity index is 1.63. The monoisotopic (exact) mass is 408 g/mol. The molecule has 1 aromatic rings. The van der Waals surface area contributed by atoms with E-state index in [9.17, 15) is 21.6 Å². The largest absolute Gasteiger partial charge is 0.403 e. The molecule has 7 nitrogen and oxygen atoms in total. The van der Waals surface area contributed by atoms with Crippen LogP contribution in [0, 0.1) is 0 Å². The van der Waals surface area contributed by atoms with Crippen molar-refractivity contribution in [3.05, 3.63) is 18.3 Å². The normalized spacial score (nSPS) is 22.0. The second kappa shape index (κ2) is 7.90. The van der Waals surface area contributed by atoms with E-state index in [0.29, 0.717) is 45.2 Å². The first kappa shape index (κ1) is 20.3. The van der Waals surface area contributed by atoms with Crippen LogP contribution in [0.4, 0.5) is 19.0 Å². The van der Waals surface area contributed by atoms with E-state index in [1.165, 1.54) is 28.4 Å². The molecule has 3 heterocycles. The summed E-state index contributed by atoms with van der Waals surface area (Å²) in [6.07, 6.45) is -2.93. The highest BCUT2D eigenvalue weighted by Crippen LogP contribution is 2.26. The molecule has 2 aliphatic rings. The van der Waals surface area contributed by atoms with Gasteiger partial charge in [-0.25, -0.2) is 13.4 Å². The maximum Gasteiger partial charge on any atom is 0.403 e. The third kappa shape index (κ3) is 4.53. The number of sulfonamides is 1. The molecule has 0 N–H and O–H groups in total. The van der Waals surface area contributed by atoms with Crippen LogP contribution in [-0.4, -0.2) is 87.3 Å². The Labute approximate surface area is 156 Å². The second-order valence-corrected chi connectivity index (χ2v) is 8.55. The zero-order valence-electron chi connectivity index (χ0n) is 15.0. The second-order valence-electron chi connectivity index (χ2n) is 6.61. The smallest absolute Gasteiger partial charge is 0.379 e. The SMILES string of the molecule is C[C@H](N1CCN(c2ccc(S(=O)(=O)N3CCOCC3)cn2)CC1)C(F)(F)F. The Morgan fingerprint density at radius 1 is 1.07 bits per heavy atom. The summed E-state index contributed by atoms with van der Waals surface area (Å²) in [6.45, 7) is 3.88. The van der Waals surface area contributed by atoms with Gasteiger partial charge in [0.25, 0.3) is 0 Å². The number of rotatable bonds is 4. The number of alkyl halides is 3. The van der Waals surface area contributed by atoms with Crippen LogP contribution in [0.3, 0.4) is 0 Å². The average molecular weight is 408 g/mol. The first-order valence-electron chi connectivity index (χ1n) is 8.79. The number of morpholine rings is 1. The summed E-state index contributed by atoms with van der Waals surface area (Å²) in [6, 6.07) is 1.63. The van der Waals surface area contributed by atoms with Crippen molar-refractivity contribution in [3.63, 3.8) is 0 Å². The zero-order valence-corrected chi connectivity index (χ0v) is 15.8. The first-order valence-corrected chi connectivity index (χ1v) is 10.2. The van der Waals surface area contributed by atoms with Crippen LogP contribution >= 0.6 is 0 Å². The van der Waals surface area contributed by atoms with Crippen molar-refractivity contribution in [3.8, 4) is 0 Å². The molecule has 0 amide bonds. The van der Waals surface area contributed by atoms with E-state index < -0.39 is 22.2 Å². The van der Waals surface area contributed by atoms with Crippen molar-refractivity contribution in [1.82, 2.24) is 14.2 Å². The van der Waals surface area contributed by atoms with Gasteiger partial charge < -0.3 is 9.64 Å². The summed E-state index contributed by atoms with van der Waals surface area (Å²) in [5.74, 6) is 0.565. The van der Waals surface area contributed by atoms with E-state index in [-0.39, 0.29) is 18.0 Å². The molecular formula is C16H23F3N4O3S. The van der Waals surface area contributed by atoms with Crippen LogP contribution in [0.5, 0.6) is 0 Å². The quantitative estimate of drug-likeness (QED) is 0.746. The molecule has 2 aliphatic heterocycles. The number of aromatic nitrogens is 1. The van der Waals surface area contributed by atoms with E-state index in [4.69, 9.17) is 4.74 Å². The summed E-state index contributed by atoms with van der Waals surface area (Å²) in [5, 5.41) is 0. The van der Waals surface area contributed by atoms with Crippen molar-refractivity contribution in [1.29, 1.82) is 0 Å². The fraction of sp³-hybridized carbons (Fsp3) is 0.688. The van der Waals surface area contributed by atoms with Crippen molar-refractivity contribution >= 4 is 15.8 Å². The fourth-order valence-corrected chi connectivity index (χ4v) is 4.55. The number of nitrogens with zero attached hydrogens (tertiary/aromatic N) is 4. The van der Waals surface area contributed by atoms with Crippen LogP contribution in [0.1, 0.15) is 6.92 Å². The first-order chi connectivity index (χ1) is 12.7. The number of piperazine rings is 1. The Morgan fingerprint density at radius 3 is 2.22 bits per heavy atom. The number of halogens is 3. The van der Waals surface area contributed by atoms with Gasteiger partial charge in [0, 0.05) is 45.5 Å². The third-order valence-corrected chi connectivity index (χ3v) is 6.87. The minimum atomic E-state index is -4.24. The van der Waals surface area contributed by atoms with E-state index in [2.05, 4.69) is 4.98 Å². The molecule has 27 heavy (non-hydrogen) atoms. The zero-order chi connectivity index (χ0) is 19.7. The van der Waals surface area contributed by atoms with Crippen LogP contribution in [0.15, 0.2) is 23.2 Å². The molecular weight excluding hydrogens is 385 g/mol. The van der Waals surface area contributed by atoms with Gasteiger partial charge >= 0.3 is 6.18 Å². The highest BCUT2D eigenvalue weighted by atomic mass is 32.2. The maximum atomic E-state index is 12.8. The van der Waals surface area contributed by atoms with Gasteiger partial charge in [-0.3, -0.25) is 4.90 Å². The molecule has 2 fully saturated rings. The lowest BCUT2D eigenvalue weighted by molar-refractivity contribution is -0.179. The van der Waals surface area contributed by atoms with Gasteiger partial charge in [0.15, 0.2) is 0 Å². The van der Waals surface area contributed by atoms with Gasteiger partial charge in [-0.05, 0) is 19.1 Å². The minimum absolute atomic E-state index is 0.109. The molecule has 11 heteroatoms. The molecule has 0 bridgehead atoms. The van der Waals surface area contributed by atoms with E-state index in [0.717, 1.165) is 0 Å². The molecule has 0 saturated carbocycles.